The number of hydrogen-bond acceptors (Lipinski definition) is 4. The Morgan fingerprint density at radius 1 is 1.10 bits per heavy atom. The van der Waals surface area contributed by atoms with Crippen molar-refractivity contribution in [3.63, 3.8) is 0 Å². The summed E-state index contributed by atoms with van der Waals surface area (Å²) in [4.78, 5) is 38.0. The summed E-state index contributed by atoms with van der Waals surface area (Å²) >= 11 is 0. The van der Waals surface area contributed by atoms with E-state index in [0.717, 1.165) is 21.3 Å². The lowest BCUT2D eigenvalue weighted by atomic mass is 10.2. The van der Waals surface area contributed by atoms with Crippen molar-refractivity contribution in [1.29, 1.82) is 0 Å². The molecule has 1 aromatic heterocycles. The van der Waals surface area contributed by atoms with Gasteiger partial charge in [-0.2, -0.15) is 0 Å². The second kappa shape index (κ2) is 8.78. The zero-order valence-electron chi connectivity index (χ0n) is 15.7. The maximum atomic E-state index is 13.8. The van der Waals surface area contributed by atoms with Crippen LogP contribution in [0.2, 0.25) is 0 Å². The Bertz CT molecular complexity index is 1170. The van der Waals surface area contributed by atoms with E-state index in [9.17, 15) is 23.2 Å². The highest BCUT2D eigenvalue weighted by molar-refractivity contribution is 5.91. The van der Waals surface area contributed by atoms with Crippen molar-refractivity contribution in [1.82, 2.24) is 9.13 Å². The highest BCUT2D eigenvalue weighted by atomic mass is 19.1. The molecule has 1 heterocycles. The van der Waals surface area contributed by atoms with Gasteiger partial charge in [0.05, 0.1) is 16.6 Å². The van der Waals surface area contributed by atoms with Crippen LogP contribution < -0.4 is 16.6 Å². The van der Waals surface area contributed by atoms with Gasteiger partial charge in [0, 0.05) is 26.3 Å². The summed E-state index contributed by atoms with van der Waals surface area (Å²) in [6.07, 6.45) is 0.441. The molecule has 0 saturated heterocycles. The fourth-order valence-corrected chi connectivity index (χ4v) is 3.01. The van der Waals surface area contributed by atoms with Gasteiger partial charge in [0.15, 0.2) is 0 Å². The highest BCUT2D eigenvalue weighted by Gasteiger charge is 2.16. The lowest BCUT2D eigenvalue weighted by Crippen LogP contribution is -2.42. The van der Waals surface area contributed by atoms with Crippen LogP contribution in [0, 0.1) is 11.6 Å². The Morgan fingerprint density at radius 3 is 2.59 bits per heavy atom. The van der Waals surface area contributed by atoms with Crippen molar-refractivity contribution >= 4 is 22.5 Å². The van der Waals surface area contributed by atoms with E-state index in [0.29, 0.717) is 24.6 Å². The molecule has 3 aromatic rings. The molecular weight excluding hydrogens is 384 g/mol. The van der Waals surface area contributed by atoms with Crippen LogP contribution >= 0.6 is 0 Å². The number of hydrogen-bond donors (Lipinski definition) is 1. The molecule has 7 nitrogen and oxygen atoms in total. The summed E-state index contributed by atoms with van der Waals surface area (Å²) in [5.74, 6) is -2.39. The largest absolute Gasteiger partial charge is 0.385 e. The lowest BCUT2D eigenvalue weighted by Gasteiger charge is -2.14. The number of halogens is 2. The number of anilines is 1. The predicted molar refractivity (Wildman–Crippen MR) is 104 cm³/mol. The van der Waals surface area contributed by atoms with E-state index < -0.39 is 35.3 Å². The molecule has 2 aromatic carbocycles. The van der Waals surface area contributed by atoms with E-state index in [2.05, 4.69) is 5.32 Å². The van der Waals surface area contributed by atoms with Crippen molar-refractivity contribution < 1.29 is 18.3 Å². The number of ether oxygens (including phenoxy) is 1. The molecule has 9 heteroatoms. The minimum absolute atomic E-state index is 0.130. The normalized spacial score (nSPS) is 11.0. The first kappa shape index (κ1) is 20.4. The van der Waals surface area contributed by atoms with Crippen molar-refractivity contribution in [2.24, 2.45) is 0 Å². The number of carbonyl (C=O) groups is 1. The predicted octanol–water partition coefficient (Wildman–Crippen LogP) is 2.12. The van der Waals surface area contributed by atoms with Crippen LogP contribution in [-0.4, -0.2) is 28.8 Å². The van der Waals surface area contributed by atoms with Gasteiger partial charge >= 0.3 is 5.69 Å². The number of amides is 1. The molecular formula is C20H19F2N3O4. The average molecular weight is 403 g/mol. The van der Waals surface area contributed by atoms with Crippen LogP contribution in [0.3, 0.4) is 0 Å². The SMILES string of the molecule is COCCCn1c(=O)c2ccccc2n(CC(=O)Nc2ccc(F)cc2F)c1=O. The Labute approximate surface area is 164 Å². The number of aromatic nitrogens is 2. The molecule has 0 unspecified atom stereocenters. The topological polar surface area (TPSA) is 82.3 Å². The van der Waals surface area contributed by atoms with E-state index in [1.54, 1.807) is 24.3 Å². The number of rotatable bonds is 7. The van der Waals surface area contributed by atoms with Crippen LogP contribution in [0.25, 0.3) is 10.9 Å². The summed E-state index contributed by atoms with van der Waals surface area (Å²) in [6.45, 7) is 0.0499. The summed E-state index contributed by atoms with van der Waals surface area (Å²) < 4.78 is 34.0. The van der Waals surface area contributed by atoms with E-state index in [1.165, 1.54) is 7.11 Å². The molecule has 3 rings (SSSR count). The maximum Gasteiger partial charge on any atom is 0.331 e. The molecule has 0 aliphatic rings. The molecule has 152 valence electrons. The first-order valence-electron chi connectivity index (χ1n) is 8.88. The molecule has 0 atom stereocenters. The molecule has 0 aliphatic heterocycles. The molecule has 1 N–H and O–H groups in total. The number of nitrogens with zero attached hydrogens (tertiary/aromatic N) is 2. The van der Waals surface area contributed by atoms with Gasteiger partial charge in [-0.05, 0) is 30.7 Å². The first-order chi connectivity index (χ1) is 13.9. The third-order valence-corrected chi connectivity index (χ3v) is 4.37. The van der Waals surface area contributed by atoms with E-state index in [4.69, 9.17) is 4.74 Å². The lowest BCUT2D eigenvalue weighted by molar-refractivity contribution is -0.116. The van der Waals surface area contributed by atoms with Gasteiger partial charge in [0.25, 0.3) is 5.56 Å². The van der Waals surface area contributed by atoms with Gasteiger partial charge in [-0.1, -0.05) is 12.1 Å². The summed E-state index contributed by atoms with van der Waals surface area (Å²) in [5, 5.41) is 2.60. The Kier molecular flexibility index (Phi) is 6.18. The summed E-state index contributed by atoms with van der Waals surface area (Å²) in [7, 11) is 1.51. The van der Waals surface area contributed by atoms with Gasteiger partial charge < -0.3 is 10.1 Å². The van der Waals surface area contributed by atoms with Crippen LogP contribution in [0.4, 0.5) is 14.5 Å². The van der Waals surface area contributed by atoms with Gasteiger partial charge in [0.2, 0.25) is 5.91 Å². The van der Waals surface area contributed by atoms with Gasteiger partial charge in [-0.3, -0.25) is 18.7 Å². The third-order valence-electron chi connectivity index (χ3n) is 4.37. The van der Waals surface area contributed by atoms with E-state index >= 15 is 0 Å². The third kappa shape index (κ3) is 4.40. The van der Waals surface area contributed by atoms with Gasteiger partial charge in [-0.15, -0.1) is 0 Å². The minimum atomic E-state index is -0.930. The zero-order chi connectivity index (χ0) is 21.0. The second-order valence-corrected chi connectivity index (χ2v) is 6.36. The standard InChI is InChI=1S/C20H19F2N3O4/c1-29-10-4-9-24-19(27)14-5-2-3-6-17(14)25(20(24)28)12-18(26)23-16-8-7-13(21)11-15(16)22/h2-3,5-8,11H,4,9-10,12H2,1H3,(H,23,26). The highest BCUT2D eigenvalue weighted by Crippen LogP contribution is 2.15. The van der Waals surface area contributed by atoms with Gasteiger partial charge in [-0.25, -0.2) is 13.6 Å². The number of carbonyl (C=O) groups excluding carboxylic acids is 1. The minimum Gasteiger partial charge on any atom is -0.385 e. The second-order valence-electron chi connectivity index (χ2n) is 6.36. The summed E-state index contributed by atoms with van der Waals surface area (Å²) in [5.41, 5.74) is -1.02. The Balaban J connectivity index is 1.98. The van der Waals surface area contributed by atoms with Crippen molar-refractivity contribution in [2.45, 2.75) is 19.5 Å². The molecule has 0 saturated carbocycles. The van der Waals surface area contributed by atoms with E-state index in [1.807, 2.05) is 0 Å². The zero-order valence-corrected chi connectivity index (χ0v) is 15.7. The maximum absolute atomic E-state index is 13.8. The van der Waals surface area contributed by atoms with Crippen LogP contribution in [0.5, 0.6) is 0 Å². The van der Waals surface area contributed by atoms with Crippen molar-refractivity contribution in [3.8, 4) is 0 Å². The van der Waals surface area contributed by atoms with Crippen LogP contribution in [0.15, 0.2) is 52.1 Å². The van der Waals surface area contributed by atoms with Crippen molar-refractivity contribution in [3.05, 3.63) is 74.9 Å². The molecule has 0 fully saturated rings. The van der Waals surface area contributed by atoms with Crippen LogP contribution in [-0.2, 0) is 22.6 Å². The number of para-hydroxylation sites is 1. The smallest absolute Gasteiger partial charge is 0.331 e. The Hall–Kier alpha value is -3.33. The summed E-state index contributed by atoms with van der Waals surface area (Å²) in [6, 6.07) is 9.18. The molecule has 0 aliphatic carbocycles. The average Bonchev–Trinajstić information content (AvgIpc) is 2.70. The fourth-order valence-electron chi connectivity index (χ4n) is 3.01. The molecule has 1 amide bonds. The number of nitrogens with one attached hydrogen (secondary N) is 1. The fraction of sp³-hybridized carbons (Fsp3) is 0.250. The molecule has 29 heavy (non-hydrogen) atoms. The molecule has 0 bridgehead atoms. The van der Waals surface area contributed by atoms with E-state index in [-0.39, 0.29) is 17.6 Å². The monoisotopic (exact) mass is 403 g/mol. The van der Waals surface area contributed by atoms with Crippen molar-refractivity contribution in [2.75, 3.05) is 19.0 Å². The Morgan fingerprint density at radius 2 is 1.86 bits per heavy atom. The first-order valence-corrected chi connectivity index (χ1v) is 8.88. The van der Waals surface area contributed by atoms with Crippen LogP contribution in [0.1, 0.15) is 6.42 Å². The number of methoxy groups -OCH3 is 1. The molecule has 0 radical (unpaired) electrons. The number of benzene rings is 2. The molecule has 0 spiro atoms. The number of fused-ring (bicyclic) bond motifs is 1. The van der Waals surface area contributed by atoms with Gasteiger partial charge in [0.1, 0.15) is 18.2 Å². The quantitative estimate of drug-likeness (QED) is 0.613.